The van der Waals surface area contributed by atoms with E-state index in [-0.39, 0.29) is 0 Å². The van der Waals surface area contributed by atoms with Crippen molar-refractivity contribution < 1.29 is 0 Å². The molecule has 0 radical (unpaired) electrons. The second kappa shape index (κ2) is 7.45. The van der Waals surface area contributed by atoms with E-state index in [0.717, 1.165) is 0 Å². The van der Waals surface area contributed by atoms with Crippen LogP contribution in [-0.2, 0) is 5.41 Å². The first kappa shape index (κ1) is 21.5. The number of rotatable bonds is 0. The van der Waals surface area contributed by atoms with E-state index in [1.165, 1.54) is 79.7 Å². The van der Waals surface area contributed by atoms with E-state index in [2.05, 4.69) is 132 Å². The van der Waals surface area contributed by atoms with Crippen LogP contribution in [0.4, 0.5) is 0 Å². The molecule has 0 fully saturated rings. The third-order valence-electron chi connectivity index (χ3n) is 9.04. The Kier molecular flexibility index (Phi) is 4.01. The number of hydrogen-bond donors (Lipinski definition) is 0. The van der Waals surface area contributed by atoms with Gasteiger partial charge in [0.25, 0.3) is 0 Å². The third kappa shape index (κ3) is 2.43. The van der Waals surface area contributed by atoms with Gasteiger partial charge in [0.05, 0.1) is 22.1 Å². The topological polar surface area (TPSA) is 4.93 Å². The summed E-state index contributed by atoms with van der Waals surface area (Å²) in [6.45, 7) is 0. The molecule has 0 amide bonds. The molecule has 0 N–H and O–H groups in total. The average molecular weight is 544 g/mol. The molecular formula is C37H21NS2. The fourth-order valence-corrected chi connectivity index (χ4v) is 9.88. The lowest BCUT2D eigenvalue weighted by Crippen LogP contribution is -2.37. The number of hydrogen-bond acceptors (Lipinski definition) is 2. The van der Waals surface area contributed by atoms with E-state index in [1.807, 2.05) is 23.1 Å². The van der Waals surface area contributed by atoms with Crippen LogP contribution in [0.25, 0.3) is 47.7 Å². The normalized spacial score (nSPS) is 17.0. The van der Waals surface area contributed by atoms with Gasteiger partial charge in [-0.25, -0.2) is 0 Å². The summed E-state index contributed by atoms with van der Waals surface area (Å²) < 4.78 is 5.22. The molecule has 2 aromatic heterocycles. The Morgan fingerprint density at radius 1 is 0.475 bits per heavy atom. The largest absolute Gasteiger partial charge is 0.309 e. The van der Waals surface area contributed by atoms with Crippen LogP contribution in [0.2, 0.25) is 0 Å². The quantitative estimate of drug-likeness (QED) is 0.184. The predicted molar refractivity (Wildman–Crippen MR) is 170 cm³/mol. The molecule has 0 aliphatic carbocycles. The molecule has 10 rings (SSSR count). The van der Waals surface area contributed by atoms with Crippen LogP contribution in [0.1, 0.15) is 22.3 Å². The minimum Gasteiger partial charge on any atom is -0.309 e. The second-order valence-corrected chi connectivity index (χ2v) is 13.0. The fourth-order valence-electron chi connectivity index (χ4n) is 7.54. The monoisotopic (exact) mass is 543 g/mol. The highest BCUT2D eigenvalue weighted by Gasteiger charge is 2.49. The maximum absolute atomic E-state index is 2.52. The molecule has 0 bridgehead atoms. The molecule has 2 aliphatic heterocycles. The Balaban J connectivity index is 1.47. The van der Waals surface area contributed by atoms with Crippen molar-refractivity contribution in [3.05, 3.63) is 150 Å². The zero-order chi connectivity index (χ0) is 26.0. The van der Waals surface area contributed by atoms with Crippen LogP contribution in [0.15, 0.2) is 137 Å². The van der Waals surface area contributed by atoms with Gasteiger partial charge in [0.1, 0.15) is 0 Å². The van der Waals surface area contributed by atoms with Crippen LogP contribution >= 0.6 is 23.1 Å². The zero-order valence-corrected chi connectivity index (χ0v) is 23.0. The molecule has 186 valence electrons. The van der Waals surface area contributed by atoms with Gasteiger partial charge in [0.2, 0.25) is 0 Å². The average Bonchev–Trinajstić information content (AvgIpc) is 3.54. The lowest BCUT2D eigenvalue weighted by molar-refractivity contribution is 0.691. The van der Waals surface area contributed by atoms with Crippen molar-refractivity contribution in [2.24, 2.45) is 0 Å². The van der Waals surface area contributed by atoms with Gasteiger partial charge in [-0.15, -0.1) is 11.3 Å². The summed E-state index contributed by atoms with van der Waals surface area (Å²) in [5.74, 6) is 0. The van der Waals surface area contributed by atoms with E-state index in [1.54, 1.807) is 0 Å². The minimum atomic E-state index is -0.415. The Morgan fingerprint density at radius 3 is 2.15 bits per heavy atom. The number of para-hydroxylation sites is 3. The first-order valence-corrected chi connectivity index (χ1v) is 15.3. The van der Waals surface area contributed by atoms with Crippen molar-refractivity contribution in [3.8, 4) is 5.69 Å². The van der Waals surface area contributed by atoms with Crippen molar-refractivity contribution in [1.29, 1.82) is 0 Å². The van der Waals surface area contributed by atoms with Crippen LogP contribution in [0, 0.1) is 0 Å². The molecule has 8 aromatic rings. The van der Waals surface area contributed by atoms with Crippen LogP contribution in [0.3, 0.4) is 0 Å². The molecule has 1 unspecified atom stereocenters. The van der Waals surface area contributed by atoms with E-state index >= 15 is 0 Å². The van der Waals surface area contributed by atoms with Crippen molar-refractivity contribution in [2.75, 3.05) is 0 Å². The standard InChI is InChI=1S/C37H21NS2/c1-5-16-30-22(10-1)24-12-9-15-28-36(24)38(30)31-17-6-3-13-26(31)37(28)27-14-4-8-19-33(27)40-35-20-25-23-11-2-7-18-32(23)39-34(25)21-29(35)37/h1-21H. The van der Waals surface area contributed by atoms with Gasteiger partial charge >= 0.3 is 0 Å². The summed E-state index contributed by atoms with van der Waals surface area (Å²) in [6, 6.07) is 47.9. The van der Waals surface area contributed by atoms with Crippen LogP contribution < -0.4 is 0 Å². The van der Waals surface area contributed by atoms with Crippen molar-refractivity contribution in [1.82, 2.24) is 4.57 Å². The summed E-state index contributed by atoms with van der Waals surface area (Å²) >= 11 is 3.84. The number of fused-ring (bicyclic) bond motifs is 14. The highest BCUT2D eigenvalue weighted by atomic mass is 32.2. The first-order chi connectivity index (χ1) is 19.8. The summed E-state index contributed by atoms with van der Waals surface area (Å²) in [7, 11) is 0. The predicted octanol–water partition coefficient (Wildman–Crippen LogP) is 10.3. The number of thiophene rings is 1. The SMILES string of the molecule is c1ccc2c(c1)Sc1cc3c(cc1C21c2ccccc2-n2c4ccccc4c4cccc1c42)sc1ccccc13. The molecule has 1 spiro atoms. The lowest BCUT2D eigenvalue weighted by Gasteiger charge is -2.45. The van der Waals surface area contributed by atoms with Crippen LogP contribution in [0.5, 0.6) is 0 Å². The van der Waals surface area contributed by atoms with E-state index in [0.29, 0.717) is 0 Å². The summed E-state index contributed by atoms with van der Waals surface area (Å²) in [4.78, 5) is 2.69. The molecule has 1 atom stereocenters. The zero-order valence-electron chi connectivity index (χ0n) is 21.4. The molecule has 2 aliphatic rings. The molecule has 0 saturated carbocycles. The molecule has 0 saturated heterocycles. The molecule has 1 nitrogen and oxygen atoms in total. The molecule has 4 heterocycles. The van der Waals surface area contributed by atoms with Crippen molar-refractivity contribution in [2.45, 2.75) is 15.2 Å². The van der Waals surface area contributed by atoms with Gasteiger partial charge in [0, 0.05) is 40.7 Å². The van der Waals surface area contributed by atoms with Crippen LogP contribution in [-0.4, -0.2) is 4.57 Å². The Labute approximate surface area is 239 Å². The molecular weight excluding hydrogens is 523 g/mol. The van der Waals surface area contributed by atoms with Gasteiger partial charge in [0.15, 0.2) is 0 Å². The maximum Gasteiger partial charge on any atom is 0.0764 e. The Hall–Kier alpha value is -4.31. The van der Waals surface area contributed by atoms with Gasteiger partial charge in [-0.2, -0.15) is 0 Å². The summed E-state index contributed by atoms with van der Waals surface area (Å²) in [6.07, 6.45) is 0. The Morgan fingerprint density at radius 2 is 1.20 bits per heavy atom. The van der Waals surface area contributed by atoms with Crippen molar-refractivity contribution >= 4 is 65.1 Å². The maximum atomic E-state index is 2.52. The lowest BCUT2D eigenvalue weighted by atomic mass is 9.62. The van der Waals surface area contributed by atoms with Gasteiger partial charge in [-0.3, -0.25) is 0 Å². The number of benzene rings is 6. The summed E-state index contributed by atoms with van der Waals surface area (Å²) in [5.41, 5.74) is 8.95. The Bertz CT molecular complexity index is 2370. The number of aromatic nitrogens is 1. The highest BCUT2D eigenvalue weighted by molar-refractivity contribution is 7.99. The van der Waals surface area contributed by atoms with Gasteiger partial charge in [-0.1, -0.05) is 103 Å². The smallest absolute Gasteiger partial charge is 0.0764 e. The minimum absolute atomic E-state index is 0.415. The van der Waals surface area contributed by atoms with E-state index < -0.39 is 5.41 Å². The number of nitrogens with zero attached hydrogens (tertiary/aromatic N) is 1. The third-order valence-corrected chi connectivity index (χ3v) is 11.3. The molecule has 3 heteroatoms. The first-order valence-electron chi connectivity index (χ1n) is 13.7. The molecule has 40 heavy (non-hydrogen) atoms. The molecule has 6 aromatic carbocycles. The van der Waals surface area contributed by atoms with E-state index in [9.17, 15) is 0 Å². The highest BCUT2D eigenvalue weighted by Crippen LogP contribution is 2.61. The van der Waals surface area contributed by atoms with E-state index in [4.69, 9.17) is 0 Å². The van der Waals surface area contributed by atoms with Gasteiger partial charge < -0.3 is 4.57 Å². The van der Waals surface area contributed by atoms with Gasteiger partial charge in [-0.05, 0) is 58.7 Å². The fraction of sp³-hybridized carbons (Fsp3) is 0.0270. The second-order valence-electron chi connectivity index (χ2n) is 10.9. The summed E-state index contributed by atoms with van der Waals surface area (Å²) in [5, 5.41) is 5.34. The van der Waals surface area contributed by atoms with Crippen molar-refractivity contribution in [3.63, 3.8) is 0 Å².